The normalized spacial score (nSPS) is 14.4. The van der Waals surface area contributed by atoms with Crippen molar-refractivity contribution in [1.29, 1.82) is 0 Å². The van der Waals surface area contributed by atoms with Crippen molar-refractivity contribution in [2.45, 2.75) is 45.2 Å². The molecule has 0 bridgehead atoms. The molecule has 0 aliphatic heterocycles. The van der Waals surface area contributed by atoms with E-state index in [-0.39, 0.29) is 0 Å². The molecule has 2 unspecified atom stereocenters. The SMILES string of the molecule is CCCC(NC)C(CC)Nc1ccccc1. The largest absolute Gasteiger partial charge is 0.381 e. The van der Waals surface area contributed by atoms with Crippen LogP contribution >= 0.6 is 0 Å². The van der Waals surface area contributed by atoms with Crippen LogP contribution in [0.1, 0.15) is 33.1 Å². The van der Waals surface area contributed by atoms with Crippen molar-refractivity contribution in [3.05, 3.63) is 30.3 Å². The molecular weight excluding hydrogens is 196 g/mol. The van der Waals surface area contributed by atoms with Crippen LogP contribution in [0.2, 0.25) is 0 Å². The predicted octanol–water partition coefficient (Wildman–Crippen LogP) is 3.27. The van der Waals surface area contributed by atoms with Gasteiger partial charge in [0.2, 0.25) is 0 Å². The first-order chi connectivity index (χ1) is 7.81. The van der Waals surface area contributed by atoms with Gasteiger partial charge in [-0.2, -0.15) is 0 Å². The van der Waals surface area contributed by atoms with Crippen LogP contribution in [-0.4, -0.2) is 19.1 Å². The number of anilines is 1. The quantitative estimate of drug-likeness (QED) is 0.737. The van der Waals surface area contributed by atoms with E-state index in [1.54, 1.807) is 0 Å². The molecule has 2 N–H and O–H groups in total. The van der Waals surface area contributed by atoms with E-state index >= 15 is 0 Å². The van der Waals surface area contributed by atoms with Crippen LogP contribution in [0.15, 0.2) is 30.3 Å². The van der Waals surface area contributed by atoms with Gasteiger partial charge in [-0.25, -0.2) is 0 Å². The first-order valence-corrected chi connectivity index (χ1v) is 6.30. The summed E-state index contributed by atoms with van der Waals surface area (Å²) in [6.45, 7) is 4.47. The third kappa shape index (κ3) is 3.86. The van der Waals surface area contributed by atoms with Gasteiger partial charge in [0, 0.05) is 17.8 Å². The minimum absolute atomic E-state index is 0.507. The number of likely N-dealkylation sites (N-methyl/N-ethyl adjacent to an activating group) is 1. The lowest BCUT2D eigenvalue weighted by Gasteiger charge is -2.27. The zero-order chi connectivity index (χ0) is 11.8. The summed E-state index contributed by atoms with van der Waals surface area (Å²) in [5, 5.41) is 7.01. The third-order valence-corrected chi connectivity index (χ3v) is 3.02. The molecule has 0 radical (unpaired) electrons. The van der Waals surface area contributed by atoms with Crippen molar-refractivity contribution in [2.24, 2.45) is 0 Å². The molecule has 2 nitrogen and oxygen atoms in total. The summed E-state index contributed by atoms with van der Waals surface area (Å²) in [6, 6.07) is 11.5. The lowest BCUT2D eigenvalue weighted by molar-refractivity contribution is 0.440. The van der Waals surface area contributed by atoms with Gasteiger partial charge in [0.05, 0.1) is 0 Å². The fraction of sp³-hybridized carbons (Fsp3) is 0.571. The molecule has 0 aliphatic carbocycles. The van der Waals surface area contributed by atoms with Gasteiger partial charge in [0.15, 0.2) is 0 Å². The van der Waals surface area contributed by atoms with Gasteiger partial charge in [0.1, 0.15) is 0 Å². The summed E-state index contributed by atoms with van der Waals surface area (Å²) in [5.41, 5.74) is 1.21. The highest BCUT2D eigenvalue weighted by molar-refractivity contribution is 5.43. The lowest BCUT2D eigenvalue weighted by atomic mass is 10.0. The second-order valence-corrected chi connectivity index (χ2v) is 4.21. The average molecular weight is 220 g/mol. The summed E-state index contributed by atoms with van der Waals surface area (Å²) in [6.07, 6.45) is 3.58. The standard InChI is InChI=1S/C14H24N2/c1-4-9-14(15-3)13(5-2)16-12-10-7-6-8-11-12/h6-8,10-11,13-16H,4-5,9H2,1-3H3. The molecule has 16 heavy (non-hydrogen) atoms. The maximum absolute atomic E-state index is 3.60. The Morgan fingerprint density at radius 2 is 1.75 bits per heavy atom. The zero-order valence-corrected chi connectivity index (χ0v) is 10.7. The van der Waals surface area contributed by atoms with E-state index in [0.29, 0.717) is 12.1 Å². The molecule has 0 spiro atoms. The summed E-state index contributed by atoms with van der Waals surface area (Å²) in [7, 11) is 2.05. The van der Waals surface area contributed by atoms with Crippen molar-refractivity contribution >= 4 is 5.69 Å². The molecule has 2 heteroatoms. The minimum atomic E-state index is 0.507. The second kappa shape index (κ2) is 7.29. The topological polar surface area (TPSA) is 24.1 Å². The maximum atomic E-state index is 3.60. The Hall–Kier alpha value is -1.02. The van der Waals surface area contributed by atoms with E-state index in [2.05, 4.69) is 55.8 Å². The van der Waals surface area contributed by atoms with Gasteiger partial charge in [-0.3, -0.25) is 0 Å². The number of benzene rings is 1. The fourth-order valence-corrected chi connectivity index (χ4v) is 2.09. The van der Waals surface area contributed by atoms with Gasteiger partial charge >= 0.3 is 0 Å². The molecule has 0 saturated carbocycles. The number of hydrogen-bond donors (Lipinski definition) is 2. The Kier molecular flexibility index (Phi) is 5.94. The zero-order valence-electron chi connectivity index (χ0n) is 10.7. The molecule has 0 amide bonds. The molecule has 1 aromatic rings. The summed E-state index contributed by atoms with van der Waals surface area (Å²) < 4.78 is 0. The summed E-state index contributed by atoms with van der Waals surface area (Å²) in [5.74, 6) is 0. The first-order valence-electron chi connectivity index (χ1n) is 6.30. The molecule has 2 atom stereocenters. The van der Waals surface area contributed by atoms with Crippen LogP contribution in [0, 0.1) is 0 Å². The number of para-hydroxylation sites is 1. The molecule has 0 aliphatic rings. The Labute approximate surface area is 99.5 Å². The monoisotopic (exact) mass is 220 g/mol. The molecule has 0 heterocycles. The van der Waals surface area contributed by atoms with Crippen molar-refractivity contribution in [1.82, 2.24) is 5.32 Å². The average Bonchev–Trinajstić information content (AvgIpc) is 2.35. The Morgan fingerprint density at radius 3 is 2.25 bits per heavy atom. The van der Waals surface area contributed by atoms with E-state index in [1.807, 2.05) is 6.07 Å². The number of rotatable bonds is 7. The van der Waals surface area contributed by atoms with Crippen LogP contribution in [0.5, 0.6) is 0 Å². The predicted molar refractivity (Wildman–Crippen MR) is 71.9 cm³/mol. The molecule has 0 saturated heterocycles. The van der Waals surface area contributed by atoms with Gasteiger partial charge in [-0.1, -0.05) is 38.5 Å². The highest BCUT2D eigenvalue weighted by atomic mass is 15.0. The Bertz CT molecular complexity index is 271. The van der Waals surface area contributed by atoms with Crippen LogP contribution in [0.4, 0.5) is 5.69 Å². The molecular formula is C14H24N2. The first kappa shape index (κ1) is 13.0. The van der Waals surface area contributed by atoms with E-state index < -0.39 is 0 Å². The molecule has 1 aromatic carbocycles. The molecule has 1 rings (SSSR count). The molecule has 0 fully saturated rings. The van der Waals surface area contributed by atoms with Gasteiger partial charge in [-0.15, -0.1) is 0 Å². The smallest absolute Gasteiger partial charge is 0.0411 e. The van der Waals surface area contributed by atoms with Crippen LogP contribution < -0.4 is 10.6 Å². The van der Waals surface area contributed by atoms with Gasteiger partial charge in [0.25, 0.3) is 0 Å². The van der Waals surface area contributed by atoms with E-state index in [0.717, 1.165) is 6.42 Å². The van der Waals surface area contributed by atoms with Crippen LogP contribution in [-0.2, 0) is 0 Å². The maximum Gasteiger partial charge on any atom is 0.0411 e. The summed E-state index contributed by atoms with van der Waals surface area (Å²) in [4.78, 5) is 0. The highest BCUT2D eigenvalue weighted by Crippen LogP contribution is 2.13. The van der Waals surface area contributed by atoms with Crippen molar-refractivity contribution in [2.75, 3.05) is 12.4 Å². The second-order valence-electron chi connectivity index (χ2n) is 4.21. The van der Waals surface area contributed by atoms with Crippen molar-refractivity contribution < 1.29 is 0 Å². The number of hydrogen-bond acceptors (Lipinski definition) is 2. The molecule has 90 valence electrons. The third-order valence-electron chi connectivity index (χ3n) is 3.02. The van der Waals surface area contributed by atoms with Crippen molar-refractivity contribution in [3.8, 4) is 0 Å². The lowest BCUT2D eigenvalue weighted by Crippen LogP contribution is -2.42. The minimum Gasteiger partial charge on any atom is -0.381 e. The van der Waals surface area contributed by atoms with E-state index in [1.165, 1.54) is 18.5 Å². The molecule has 0 aromatic heterocycles. The fourth-order valence-electron chi connectivity index (χ4n) is 2.09. The summed E-state index contributed by atoms with van der Waals surface area (Å²) >= 11 is 0. The van der Waals surface area contributed by atoms with E-state index in [4.69, 9.17) is 0 Å². The Balaban J connectivity index is 2.60. The highest BCUT2D eigenvalue weighted by Gasteiger charge is 2.16. The van der Waals surface area contributed by atoms with Crippen LogP contribution in [0.3, 0.4) is 0 Å². The van der Waals surface area contributed by atoms with E-state index in [9.17, 15) is 0 Å². The van der Waals surface area contributed by atoms with Crippen LogP contribution in [0.25, 0.3) is 0 Å². The van der Waals surface area contributed by atoms with Gasteiger partial charge in [-0.05, 0) is 32.0 Å². The van der Waals surface area contributed by atoms with Gasteiger partial charge < -0.3 is 10.6 Å². The van der Waals surface area contributed by atoms with Crippen molar-refractivity contribution in [3.63, 3.8) is 0 Å². The number of nitrogens with one attached hydrogen (secondary N) is 2. The Morgan fingerprint density at radius 1 is 1.06 bits per heavy atom.